The molecule has 2 rings (SSSR count). The summed E-state index contributed by atoms with van der Waals surface area (Å²) in [6, 6.07) is 10.5. The van der Waals surface area contributed by atoms with Crippen LogP contribution in [0.4, 0.5) is 0 Å². The molecule has 96 valence electrons. The molecule has 1 aromatic carbocycles. The Kier molecular flexibility index (Phi) is 4.87. The lowest BCUT2D eigenvalue weighted by Gasteiger charge is -2.10. The third-order valence-corrected chi connectivity index (χ3v) is 3.63. The average Bonchev–Trinajstić information content (AvgIpc) is 2.87. The zero-order valence-electron chi connectivity index (χ0n) is 10.5. The summed E-state index contributed by atoms with van der Waals surface area (Å²) < 4.78 is 0. The van der Waals surface area contributed by atoms with Crippen LogP contribution in [0.2, 0.25) is 0 Å². The van der Waals surface area contributed by atoms with Crippen molar-refractivity contribution < 1.29 is 5.11 Å². The lowest BCUT2D eigenvalue weighted by atomic mass is 10.2. The number of nitrogens with zero attached hydrogens (tertiary/aromatic N) is 1. The van der Waals surface area contributed by atoms with Crippen molar-refractivity contribution in [3.8, 4) is 11.3 Å². The van der Waals surface area contributed by atoms with Crippen LogP contribution in [-0.2, 0) is 6.54 Å². The summed E-state index contributed by atoms with van der Waals surface area (Å²) in [5.41, 5.74) is 2.19. The van der Waals surface area contributed by atoms with Gasteiger partial charge in [0, 0.05) is 30.1 Å². The number of hydrogen-bond acceptors (Lipinski definition) is 4. The topological polar surface area (TPSA) is 45.1 Å². The van der Waals surface area contributed by atoms with Gasteiger partial charge >= 0.3 is 0 Å². The van der Waals surface area contributed by atoms with E-state index >= 15 is 0 Å². The van der Waals surface area contributed by atoms with Crippen LogP contribution in [-0.4, -0.2) is 22.7 Å². The lowest BCUT2D eigenvalue weighted by molar-refractivity contribution is 0.268. The molecule has 18 heavy (non-hydrogen) atoms. The van der Waals surface area contributed by atoms with Crippen LogP contribution < -0.4 is 5.32 Å². The van der Waals surface area contributed by atoms with Crippen molar-refractivity contribution in [2.45, 2.75) is 25.9 Å². The normalized spacial score (nSPS) is 12.6. The lowest BCUT2D eigenvalue weighted by Crippen LogP contribution is -2.26. The summed E-state index contributed by atoms with van der Waals surface area (Å²) in [5, 5.41) is 15.4. The minimum absolute atomic E-state index is 0.224. The van der Waals surface area contributed by atoms with Gasteiger partial charge in [-0.2, -0.15) is 0 Å². The van der Waals surface area contributed by atoms with Gasteiger partial charge in [-0.05, 0) is 13.3 Å². The summed E-state index contributed by atoms with van der Waals surface area (Å²) in [6.45, 7) is 3.06. The van der Waals surface area contributed by atoms with Gasteiger partial charge in [-0.1, -0.05) is 30.3 Å². The summed E-state index contributed by atoms with van der Waals surface area (Å²) in [4.78, 5) is 4.61. The van der Waals surface area contributed by atoms with E-state index in [1.54, 1.807) is 11.3 Å². The molecule has 1 aromatic heterocycles. The third-order valence-electron chi connectivity index (χ3n) is 2.79. The van der Waals surface area contributed by atoms with Gasteiger partial charge < -0.3 is 10.4 Å². The van der Waals surface area contributed by atoms with Crippen LogP contribution in [0.3, 0.4) is 0 Å². The SMILES string of the molecule is CC(CCO)NCc1nc(-c2ccccc2)cs1. The molecule has 2 N–H and O–H groups in total. The molecule has 0 fully saturated rings. The second kappa shape index (κ2) is 6.64. The highest BCUT2D eigenvalue weighted by atomic mass is 32.1. The molecule has 2 aromatic rings. The average molecular weight is 262 g/mol. The van der Waals surface area contributed by atoms with Crippen LogP contribution in [0, 0.1) is 0 Å². The maximum Gasteiger partial charge on any atom is 0.107 e. The molecule has 3 nitrogen and oxygen atoms in total. The van der Waals surface area contributed by atoms with Gasteiger partial charge in [-0.3, -0.25) is 0 Å². The predicted octanol–water partition coefficient (Wildman–Crippen LogP) is 2.67. The maximum atomic E-state index is 8.83. The van der Waals surface area contributed by atoms with Gasteiger partial charge in [0.2, 0.25) is 0 Å². The van der Waals surface area contributed by atoms with Crippen molar-refractivity contribution in [1.82, 2.24) is 10.3 Å². The molecule has 0 amide bonds. The molecule has 0 aliphatic rings. The second-order valence-electron chi connectivity index (χ2n) is 4.29. The molecule has 1 atom stereocenters. The van der Waals surface area contributed by atoms with E-state index in [-0.39, 0.29) is 6.61 Å². The number of rotatable bonds is 6. The molecule has 0 aliphatic carbocycles. The first-order chi connectivity index (χ1) is 8.79. The van der Waals surface area contributed by atoms with Crippen molar-refractivity contribution >= 4 is 11.3 Å². The smallest absolute Gasteiger partial charge is 0.107 e. The molecule has 1 heterocycles. The quantitative estimate of drug-likeness (QED) is 0.841. The molecule has 0 saturated heterocycles. The molecule has 0 radical (unpaired) electrons. The Labute approximate surface area is 112 Å². The van der Waals surface area contributed by atoms with E-state index in [9.17, 15) is 0 Å². The highest BCUT2D eigenvalue weighted by molar-refractivity contribution is 7.09. The second-order valence-corrected chi connectivity index (χ2v) is 5.23. The monoisotopic (exact) mass is 262 g/mol. The largest absolute Gasteiger partial charge is 0.396 e. The highest BCUT2D eigenvalue weighted by Crippen LogP contribution is 2.21. The number of aromatic nitrogens is 1. The first-order valence-electron chi connectivity index (χ1n) is 6.13. The van der Waals surface area contributed by atoms with Gasteiger partial charge in [0.25, 0.3) is 0 Å². The van der Waals surface area contributed by atoms with E-state index in [4.69, 9.17) is 5.11 Å². The summed E-state index contributed by atoms with van der Waals surface area (Å²) in [7, 11) is 0. The Bertz CT molecular complexity index is 470. The van der Waals surface area contributed by atoms with E-state index in [0.29, 0.717) is 6.04 Å². The highest BCUT2D eigenvalue weighted by Gasteiger charge is 2.05. The van der Waals surface area contributed by atoms with Crippen molar-refractivity contribution in [1.29, 1.82) is 0 Å². The summed E-state index contributed by atoms with van der Waals surface area (Å²) >= 11 is 1.67. The minimum atomic E-state index is 0.224. The standard InChI is InChI=1S/C14H18N2OS/c1-11(7-8-17)15-9-14-16-13(10-18-14)12-5-3-2-4-6-12/h2-6,10-11,15,17H,7-9H2,1H3. The van der Waals surface area contributed by atoms with E-state index in [0.717, 1.165) is 29.2 Å². The number of thiazole rings is 1. The molecule has 0 spiro atoms. The van der Waals surface area contributed by atoms with Crippen LogP contribution in [0.25, 0.3) is 11.3 Å². The first kappa shape index (κ1) is 13.2. The number of hydrogen-bond donors (Lipinski definition) is 2. The Balaban J connectivity index is 1.95. The van der Waals surface area contributed by atoms with Crippen molar-refractivity contribution in [3.05, 3.63) is 40.7 Å². The molecule has 0 aliphatic heterocycles. The fourth-order valence-corrected chi connectivity index (χ4v) is 2.45. The zero-order valence-corrected chi connectivity index (χ0v) is 11.3. The van der Waals surface area contributed by atoms with Crippen molar-refractivity contribution in [2.24, 2.45) is 0 Å². The summed E-state index contributed by atoms with van der Waals surface area (Å²) in [5.74, 6) is 0. The van der Waals surface area contributed by atoms with E-state index < -0.39 is 0 Å². The Hall–Kier alpha value is -1.23. The van der Waals surface area contributed by atoms with Gasteiger partial charge in [-0.25, -0.2) is 4.98 Å². The van der Waals surface area contributed by atoms with Crippen LogP contribution in [0.5, 0.6) is 0 Å². The maximum absolute atomic E-state index is 8.83. The number of aliphatic hydroxyl groups excluding tert-OH is 1. The van der Waals surface area contributed by atoms with Gasteiger partial charge in [0.1, 0.15) is 5.01 Å². The molecule has 0 saturated carbocycles. The number of benzene rings is 1. The molecular formula is C14H18N2OS. The Morgan fingerprint density at radius 2 is 2.11 bits per heavy atom. The Morgan fingerprint density at radius 1 is 1.33 bits per heavy atom. The summed E-state index contributed by atoms with van der Waals surface area (Å²) in [6.07, 6.45) is 0.775. The first-order valence-corrected chi connectivity index (χ1v) is 7.01. The van der Waals surface area contributed by atoms with E-state index in [1.165, 1.54) is 0 Å². The van der Waals surface area contributed by atoms with E-state index in [1.807, 2.05) is 18.2 Å². The van der Waals surface area contributed by atoms with Crippen LogP contribution in [0.1, 0.15) is 18.4 Å². The molecule has 1 unspecified atom stereocenters. The number of nitrogens with one attached hydrogen (secondary N) is 1. The minimum Gasteiger partial charge on any atom is -0.396 e. The fraction of sp³-hybridized carbons (Fsp3) is 0.357. The van der Waals surface area contributed by atoms with Crippen molar-refractivity contribution in [3.63, 3.8) is 0 Å². The molecule has 4 heteroatoms. The fourth-order valence-electron chi connectivity index (χ4n) is 1.69. The van der Waals surface area contributed by atoms with Crippen LogP contribution in [0.15, 0.2) is 35.7 Å². The predicted molar refractivity (Wildman–Crippen MR) is 75.6 cm³/mol. The van der Waals surface area contributed by atoms with Crippen molar-refractivity contribution in [2.75, 3.05) is 6.61 Å². The molecular weight excluding hydrogens is 244 g/mol. The van der Waals surface area contributed by atoms with E-state index in [2.05, 4.69) is 34.7 Å². The Morgan fingerprint density at radius 3 is 2.83 bits per heavy atom. The van der Waals surface area contributed by atoms with Crippen LogP contribution >= 0.6 is 11.3 Å². The molecule has 0 bridgehead atoms. The number of aliphatic hydroxyl groups is 1. The van der Waals surface area contributed by atoms with Gasteiger partial charge in [0.05, 0.1) is 5.69 Å². The zero-order chi connectivity index (χ0) is 12.8. The van der Waals surface area contributed by atoms with Gasteiger partial charge in [0.15, 0.2) is 0 Å². The van der Waals surface area contributed by atoms with Gasteiger partial charge in [-0.15, -0.1) is 11.3 Å². The third kappa shape index (κ3) is 3.63.